The third-order valence-corrected chi connectivity index (χ3v) is 6.81. The number of nitrogens with one attached hydrogen (secondary N) is 1. The van der Waals surface area contributed by atoms with Crippen LogP contribution in [0.5, 0.6) is 0 Å². The summed E-state index contributed by atoms with van der Waals surface area (Å²) in [6, 6.07) is -2.33. The molecule has 1 aromatic heterocycles. The second-order valence-corrected chi connectivity index (χ2v) is 8.78. The Bertz CT molecular complexity index is 819. The molecule has 0 spiro atoms. The molecule has 3 atom stereocenters. The fourth-order valence-electron chi connectivity index (χ4n) is 5.23. The minimum Gasteiger partial charge on any atom is -0.462 e. The van der Waals surface area contributed by atoms with E-state index in [1.807, 2.05) is 4.90 Å². The van der Waals surface area contributed by atoms with Crippen molar-refractivity contribution in [3.63, 3.8) is 0 Å². The van der Waals surface area contributed by atoms with E-state index in [2.05, 4.69) is 10.4 Å². The van der Waals surface area contributed by atoms with Gasteiger partial charge >= 0.3 is 12.1 Å². The van der Waals surface area contributed by atoms with Crippen LogP contribution in [0.1, 0.15) is 68.3 Å². The summed E-state index contributed by atoms with van der Waals surface area (Å²) in [5, 5.41) is 7.00. The predicted molar refractivity (Wildman–Crippen MR) is 107 cm³/mol. The average Bonchev–Trinajstić information content (AvgIpc) is 3.42. The number of amides is 1. The number of anilines is 1. The minimum atomic E-state index is -4.50. The van der Waals surface area contributed by atoms with Crippen molar-refractivity contribution in [2.24, 2.45) is 11.8 Å². The van der Waals surface area contributed by atoms with Crippen LogP contribution in [0, 0.1) is 11.8 Å². The van der Waals surface area contributed by atoms with Crippen LogP contribution in [0.2, 0.25) is 0 Å². The second kappa shape index (κ2) is 8.70. The Hall–Kier alpha value is -2.26. The van der Waals surface area contributed by atoms with Crippen LogP contribution in [-0.2, 0) is 9.53 Å². The normalized spacial score (nSPS) is 27.0. The number of hydrogen-bond donors (Lipinski definition) is 1. The van der Waals surface area contributed by atoms with Gasteiger partial charge in [0.15, 0.2) is 6.04 Å². The molecule has 1 aromatic rings. The number of esters is 1. The number of alkyl halides is 3. The summed E-state index contributed by atoms with van der Waals surface area (Å²) >= 11 is 0. The van der Waals surface area contributed by atoms with Crippen LogP contribution in [-0.4, -0.2) is 58.5 Å². The van der Waals surface area contributed by atoms with E-state index in [0.29, 0.717) is 13.1 Å². The van der Waals surface area contributed by atoms with Crippen LogP contribution in [0.4, 0.5) is 19.0 Å². The van der Waals surface area contributed by atoms with Crippen molar-refractivity contribution in [3.05, 3.63) is 11.8 Å². The van der Waals surface area contributed by atoms with Gasteiger partial charge in [0.05, 0.1) is 12.8 Å². The molecule has 0 unspecified atom stereocenters. The maximum Gasteiger partial charge on any atom is 0.410 e. The van der Waals surface area contributed by atoms with Crippen molar-refractivity contribution in [2.45, 2.75) is 70.1 Å². The first-order chi connectivity index (χ1) is 14.8. The lowest BCUT2D eigenvalue weighted by atomic mass is 9.85. The number of ether oxygens (including phenoxy) is 1. The zero-order chi connectivity index (χ0) is 22.2. The second-order valence-electron chi connectivity index (χ2n) is 8.78. The number of piperidine rings is 1. The van der Waals surface area contributed by atoms with Crippen LogP contribution in [0.15, 0.2) is 6.20 Å². The summed E-state index contributed by atoms with van der Waals surface area (Å²) < 4.78 is 47.4. The zero-order valence-corrected chi connectivity index (χ0v) is 17.7. The standard InChI is InChI=1S/C21H29F3N4O3/c1-2-31-20(30)15-11-25-28-17(21(22,23)24)10-16(26-18(15)28)14-8-5-9-27(12-14)19(29)13-6-3-4-7-13/h11,13-14,16-17,26H,2-10,12H2,1H3/t14-,16-,17+/m0/s1. The number of likely N-dealkylation sites (tertiary alicyclic amines) is 1. The highest BCUT2D eigenvalue weighted by Gasteiger charge is 2.49. The molecule has 0 radical (unpaired) electrons. The van der Waals surface area contributed by atoms with Gasteiger partial charge in [-0.3, -0.25) is 4.79 Å². The van der Waals surface area contributed by atoms with Crippen molar-refractivity contribution < 1.29 is 27.5 Å². The van der Waals surface area contributed by atoms with Gasteiger partial charge in [-0.25, -0.2) is 9.48 Å². The van der Waals surface area contributed by atoms with Crippen molar-refractivity contribution in [1.82, 2.24) is 14.7 Å². The number of aromatic nitrogens is 2. The molecule has 1 N–H and O–H groups in total. The molecular weight excluding hydrogens is 413 g/mol. The molecular formula is C21H29F3N4O3. The Balaban J connectivity index is 1.56. The molecule has 0 bridgehead atoms. The van der Waals surface area contributed by atoms with E-state index in [0.717, 1.165) is 49.4 Å². The summed E-state index contributed by atoms with van der Waals surface area (Å²) in [6.45, 7) is 2.87. The SMILES string of the molecule is CCOC(=O)c1cnn2c1N[C@H]([C@H]1CCCN(C(=O)C3CCCC3)C1)C[C@@H]2C(F)(F)F. The molecule has 3 aliphatic rings. The highest BCUT2D eigenvalue weighted by Crippen LogP contribution is 2.43. The largest absolute Gasteiger partial charge is 0.462 e. The maximum absolute atomic E-state index is 13.9. The van der Waals surface area contributed by atoms with Crippen molar-refractivity contribution >= 4 is 17.7 Å². The Labute approximate surface area is 179 Å². The third-order valence-electron chi connectivity index (χ3n) is 6.81. The highest BCUT2D eigenvalue weighted by molar-refractivity contribution is 5.94. The van der Waals surface area contributed by atoms with E-state index in [-0.39, 0.29) is 42.2 Å². The molecule has 1 aliphatic carbocycles. The first-order valence-corrected chi connectivity index (χ1v) is 11.2. The van der Waals surface area contributed by atoms with Crippen LogP contribution >= 0.6 is 0 Å². The summed E-state index contributed by atoms with van der Waals surface area (Å²) in [5.41, 5.74) is 0.00972. The van der Waals surface area contributed by atoms with Gasteiger partial charge in [-0.05, 0) is 44.9 Å². The van der Waals surface area contributed by atoms with Gasteiger partial charge in [0.2, 0.25) is 5.91 Å². The van der Waals surface area contributed by atoms with E-state index < -0.39 is 24.2 Å². The van der Waals surface area contributed by atoms with Crippen molar-refractivity contribution in [3.8, 4) is 0 Å². The number of rotatable bonds is 4. The molecule has 1 amide bonds. The fourth-order valence-corrected chi connectivity index (χ4v) is 5.23. The molecule has 31 heavy (non-hydrogen) atoms. The van der Waals surface area contributed by atoms with Gasteiger partial charge < -0.3 is 15.0 Å². The summed E-state index contributed by atoms with van der Waals surface area (Å²) in [7, 11) is 0. The average molecular weight is 442 g/mol. The number of nitrogens with zero attached hydrogens (tertiary/aromatic N) is 3. The summed E-state index contributed by atoms with van der Waals surface area (Å²) in [4.78, 5) is 27.0. The van der Waals surface area contributed by atoms with Crippen molar-refractivity contribution in [2.75, 3.05) is 25.0 Å². The number of carbonyl (C=O) groups excluding carboxylic acids is 2. The lowest BCUT2D eigenvalue weighted by molar-refractivity contribution is -0.175. The van der Waals surface area contributed by atoms with E-state index in [9.17, 15) is 22.8 Å². The predicted octanol–water partition coefficient (Wildman–Crippen LogP) is 3.78. The number of carbonyl (C=O) groups is 2. The first-order valence-electron chi connectivity index (χ1n) is 11.2. The Morgan fingerprint density at radius 1 is 1.23 bits per heavy atom. The molecule has 7 nitrogen and oxygen atoms in total. The van der Waals surface area contributed by atoms with Gasteiger partial charge in [-0.1, -0.05) is 12.8 Å². The van der Waals surface area contributed by atoms with E-state index >= 15 is 0 Å². The maximum atomic E-state index is 13.9. The molecule has 10 heteroatoms. The summed E-state index contributed by atoms with van der Waals surface area (Å²) in [5.74, 6) is -0.570. The molecule has 2 fully saturated rings. The van der Waals surface area contributed by atoms with Gasteiger partial charge in [0.1, 0.15) is 11.4 Å². The molecule has 4 rings (SSSR count). The summed E-state index contributed by atoms with van der Waals surface area (Å²) in [6.07, 6.45) is 1.88. The van der Waals surface area contributed by atoms with Gasteiger partial charge in [-0.15, -0.1) is 0 Å². The smallest absolute Gasteiger partial charge is 0.410 e. The minimum absolute atomic E-state index is 0.00972. The Kier molecular flexibility index (Phi) is 6.16. The highest BCUT2D eigenvalue weighted by atomic mass is 19.4. The molecule has 2 aliphatic heterocycles. The van der Waals surface area contributed by atoms with Gasteiger partial charge in [0, 0.05) is 25.0 Å². The number of fused-ring (bicyclic) bond motifs is 1. The molecule has 172 valence electrons. The number of hydrogen-bond acceptors (Lipinski definition) is 5. The molecule has 0 aromatic carbocycles. The van der Waals surface area contributed by atoms with E-state index in [1.165, 1.54) is 0 Å². The van der Waals surface area contributed by atoms with Gasteiger partial charge in [-0.2, -0.15) is 18.3 Å². The molecule has 1 saturated carbocycles. The number of halogens is 3. The molecule has 1 saturated heterocycles. The first kappa shape index (κ1) is 22.0. The lowest BCUT2D eigenvalue weighted by Crippen LogP contribution is -2.50. The van der Waals surface area contributed by atoms with E-state index in [1.54, 1.807) is 6.92 Å². The van der Waals surface area contributed by atoms with Crippen LogP contribution in [0.25, 0.3) is 0 Å². The van der Waals surface area contributed by atoms with Gasteiger partial charge in [0.25, 0.3) is 0 Å². The topological polar surface area (TPSA) is 76.5 Å². The van der Waals surface area contributed by atoms with Crippen LogP contribution in [0.3, 0.4) is 0 Å². The third kappa shape index (κ3) is 4.39. The lowest BCUT2D eigenvalue weighted by Gasteiger charge is -2.42. The monoisotopic (exact) mass is 442 g/mol. The Morgan fingerprint density at radius 3 is 2.65 bits per heavy atom. The van der Waals surface area contributed by atoms with E-state index in [4.69, 9.17) is 4.74 Å². The molecule has 3 heterocycles. The zero-order valence-electron chi connectivity index (χ0n) is 17.7. The Morgan fingerprint density at radius 2 is 1.97 bits per heavy atom. The van der Waals surface area contributed by atoms with Crippen molar-refractivity contribution in [1.29, 1.82) is 0 Å². The quantitative estimate of drug-likeness (QED) is 0.719. The fraction of sp³-hybridized carbons (Fsp3) is 0.762. The van der Waals surface area contributed by atoms with Crippen LogP contribution < -0.4 is 5.32 Å².